The summed E-state index contributed by atoms with van der Waals surface area (Å²) >= 11 is 5.86. The van der Waals surface area contributed by atoms with Crippen molar-refractivity contribution in [3.63, 3.8) is 0 Å². The van der Waals surface area contributed by atoms with Crippen LogP contribution in [-0.4, -0.2) is 42.2 Å². The number of rotatable bonds is 7. The predicted octanol–water partition coefficient (Wildman–Crippen LogP) is 4.03. The maximum Gasteiger partial charge on any atom is 0.261 e. The molecular formula is C23H29ClN2O3. The topological polar surface area (TPSA) is 50.8 Å². The van der Waals surface area contributed by atoms with Crippen LogP contribution in [0.5, 0.6) is 5.75 Å². The van der Waals surface area contributed by atoms with E-state index in [9.17, 15) is 4.79 Å². The molecular weight excluding hydrogens is 388 g/mol. The van der Waals surface area contributed by atoms with Crippen LogP contribution in [0, 0.1) is 0 Å². The molecule has 0 bridgehead atoms. The van der Waals surface area contributed by atoms with Crippen molar-refractivity contribution in [2.75, 3.05) is 13.1 Å². The number of hydrogen-bond donors (Lipinski definition) is 1. The molecule has 1 saturated heterocycles. The summed E-state index contributed by atoms with van der Waals surface area (Å²) in [4.78, 5) is 14.7. The van der Waals surface area contributed by atoms with Gasteiger partial charge < -0.3 is 14.8 Å². The van der Waals surface area contributed by atoms with Gasteiger partial charge in [-0.05, 0) is 56.2 Å². The Labute approximate surface area is 177 Å². The zero-order valence-electron chi connectivity index (χ0n) is 17.2. The van der Waals surface area contributed by atoms with Crippen LogP contribution in [0.25, 0.3) is 0 Å². The van der Waals surface area contributed by atoms with Crippen molar-refractivity contribution < 1.29 is 14.3 Å². The lowest BCUT2D eigenvalue weighted by atomic mass is 10.1. The summed E-state index contributed by atoms with van der Waals surface area (Å²) in [6.45, 7) is 9.26. The number of amides is 1. The third-order valence-electron chi connectivity index (χ3n) is 4.89. The van der Waals surface area contributed by atoms with Crippen molar-refractivity contribution in [2.24, 2.45) is 0 Å². The molecule has 2 aromatic rings. The minimum absolute atomic E-state index is 0.152. The number of hydrogen-bond acceptors (Lipinski definition) is 4. The average Bonchev–Trinajstić information content (AvgIpc) is 2.68. The van der Waals surface area contributed by atoms with Crippen LogP contribution < -0.4 is 10.1 Å². The van der Waals surface area contributed by atoms with E-state index in [1.807, 2.05) is 0 Å². The number of benzene rings is 2. The van der Waals surface area contributed by atoms with Gasteiger partial charge in [0.2, 0.25) is 0 Å². The fourth-order valence-corrected chi connectivity index (χ4v) is 3.66. The van der Waals surface area contributed by atoms with E-state index < -0.39 is 6.10 Å². The van der Waals surface area contributed by atoms with Gasteiger partial charge in [-0.1, -0.05) is 35.9 Å². The molecule has 6 heteroatoms. The Kier molecular flexibility index (Phi) is 7.53. The SMILES string of the molecule is CC1CN(Cc2ccc(CNC(=O)C(C)Oc3ccc(Cl)cc3)cc2)CC(C)O1. The van der Waals surface area contributed by atoms with Gasteiger partial charge in [0.25, 0.3) is 5.91 Å². The van der Waals surface area contributed by atoms with Crippen molar-refractivity contribution >= 4 is 17.5 Å². The zero-order valence-corrected chi connectivity index (χ0v) is 18.0. The first kappa shape index (κ1) is 21.6. The molecule has 0 saturated carbocycles. The normalized spacial score (nSPS) is 20.8. The van der Waals surface area contributed by atoms with Crippen molar-refractivity contribution in [1.29, 1.82) is 0 Å². The number of nitrogens with zero attached hydrogens (tertiary/aromatic N) is 1. The summed E-state index contributed by atoms with van der Waals surface area (Å²) in [6, 6.07) is 15.4. The summed E-state index contributed by atoms with van der Waals surface area (Å²) in [6.07, 6.45) is -0.0450. The summed E-state index contributed by atoms with van der Waals surface area (Å²) in [5, 5.41) is 3.56. The van der Waals surface area contributed by atoms with Gasteiger partial charge in [0.05, 0.1) is 12.2 Å². The lowest BCUT2D eigenvalue weighted by molar-refractivity contribution is -0.127. The molecule has 3 atom stereocenters. The fourth-order valence-electron chi connectivity index (χ4n) is 3.54. The standard InChI is InChI=1S/C23H29ClN2O3/c1-16-13-26(14-17(2)28-16)15-20-6-4-19(5-7-20)12-25-23(27)18(3)29-22-10-8-21(24)9-11-22/h4-11,16-18H,12-15H2,1-3H3,(H,25,27). The molecule has 5 nitrogen and oxygen atoms in total. The second kappa shape index (κ2) is 10.1. The molecule has 1 fully saturated rings. The third kappa shape index (κ3) is 6.74. The van der Waals surface area contributed by atoms with Crippen LogP contribution in [-0.2, 0) is 22.6 Å². The van der Waals surface area contributed by atoms with Gasteiger partial charge in [-0.3, -0.25) is 9.69 Å². The highest BCUT2D eigenvalue weighted by atomic mass is 35.5. The van der Waals surface area contributed by atoms with Crippen LogP contribution in [0.4, 0.5) is 0 Å². The Bertz CT molecular complexity index is 785. The molecule has 3 rings (SSSR count). The second-order valence-corrected chi connectivity index (χ2v) is 8.14. The van der Waals surface area contributed by atoms with Gasteiger partial charge in [0, 0.05) is 31.2 Å². The summed E-state index contributed by atoms with van der Waals surface area (Å²) in [5.74, 6) is 0.466. The highest BCUT2D eigenvalue weighted by molar-refractivity contribution is 6.30. The smallest absolute Gasteiger partial charge is 0.261 e. The number of carbonyl (C=O) groups is 1. The van der Waals surface area contributed by atoms with E-state index in [-0.39, 0.29) is 18.1 Å². The molecule has 0 spiro atoms. The van der Waals surface area contributed by atoms with Crippen LogP contribution >= 0.6 is 11.6 Å². The third-order valence-corrected chi connectivity index (χ3v) is 5.14. The predicted molar refractivity (Wildman–Crippen MR) is 115 cm³/mol. The number of carbonyl (C=O) groups excluding carboxylic acids is 1. The molecule has 3 unspecified atom stereocenters. The first-order chi connectivity index (χ1) is 13.9. The lowest BCUT2D eigenvalue weighted by Gasteiger charge is -2.35. The molecule has 0 radical (unpaired) electrons. The number of halogens is 1. The monoisotopic (exact) mass is 416 g/mol. The van der Waals surface area contributed by atoms with Gasteiger partial charge in [-0.25, -0.2) is 0 Å². The van der Waals surface area contributed by atoms with Crippen molar-refractivity contribution in [3.05, 3.63) is 64.7 Å². The van der Waals surface area contributed by atoms with Crippen LogP contribution in [0.1, 0.15) is 31.9 Å². The van der Waals surface area contributed by atoms with E-state index >= 15 is 0 Å². The average molecular weight is 417 g/mol. The van der Waals surface area contributed by atoms with Crippen molar-refractivity contribution in [1.82, 2.24) is 10.2 Å². The first-order valence-electron chi connectivity index (χ1n) is 10.0. The van der Waals surface area contributed by atoms with Gasteiger partial charge >= 0.3 is 0 Å². The molecule has 1 N–H and O–H groups in total. The summed E-state index contributed by atoms with van der Waals surface area (Å²) in [7, 11) is 0. The maximum absolute atomic E-state index is 12.3. The van der Waals surface area contributed by atoms with Gasteiger partial charge in [0.1, 0.15) is 5.75 Å². The molecule has 1 heterocycles. The second-order valence-electron chi connectivity index (χ2n) is 7.70. The van der Waals surface area contributed by atoms with Crippen molar-refractivity contribution in [3.8, 4) is 5.75 Å². The van der Waals surface area contributed by atoms with E-state index in [4.69, 9.17) is 21.1 Å². The number of morpholine rings is 1. The van der Waals surface area contributed by atoms with E-state index in [0.717, 1.165) is 25.2 Å². The van der Waals surface area contributed by atoms with Gasteiger partial charge in [0.15, 0.2) is 6.10 Å². The van der Waals surface area contributed by atoms with Crippen molar-refractivity contribution in [2.45, 2.75) is 52.2 Å². The van der Waals surface area contributed by atoms with Crippen LogP contribution in [0.2, 0.25) is 5.02 Å². The Balaban J connectivity index is 1.45. The minimum Gasteiger partial charge on any atom is -0.481 e. The molecule has 0 aromatic heterocycles. The van der Waals surface area contributed by atoms with Crippen LogP contribution in [0.15, 0.2) is 48.5 Å². The van der Waals surface area contributed by atoms with E-state index in [1.165, 1.54) is 5.56 Å². The molecule has 156 valence electrons. The first-order valence-corrected chi connectivity index (χ1v) is 10.4. The quantitative estimate of drug-likeness (QED) is 0.740. The summed E-state index contributed by atoms with van der Waals surface area (Å²) in [5.41, 5.74) is 2.32. The number of nitrogens with one attached hydrogen (secondary N) is 1. The minimum atomic E-state index is -0.583. The van der Waals surface area contributed by atoms with E-state index in [2.05, 4.69) is 48.3 Å². The fraction of sp³-hybridized carbons (Fsp3) is 0.435. The van der Waals surface area contributed by atoms with E-state index in [0.29, 0.717) is 17.3 Å². The molecule has 29 heavy (non-hydrogen) atoms. The molecule has 0 aliphatic carbocycles. The van der Waals surface area contributed by atoms with Crippen LogP contribution in [0.3, 0.4) is 0 Å². The zero-order chi connectivity index (χ0) is 20.8. The molecule has 2 aromatic carbocycles. The highest BCUT2D eigenvalue weighted by Gasteiger charge is 2.22. The Morgan fingerprint density at radius 3 is 2.31 bits per heavy atom. The van der Waals surface area contributed by atoms with Gasteiger partial charge in [-0.15, -0.1) is 0 Å². The highest BCUT2D eigenvalue weighted by Crippen LogP contribution is 2.17. The molecule has 1 aliphatic rings. The Morgan fingerprint density at radius 2 is 1.69 bits per heavy atom. The Hall–Kier alpha value is -2.08. The lowest BCUT2D eigenvalue weighted by Crippen LogP contribution is -2.44. The summed E-state index contributed by atoms with van der Waals surface area (Å²) < 4.78 is 11.4. The molecule has 1 aliphatic heterocycles. The van der Waals surface area contributed by atoms with Gasteiger partial charge in [-0.2, -0.15) is 0 Å². The maximum atomic E-state index is 12.3. The van der Waals surface area contributed by atoms with E-state index in [1.54, 1.807) is 31.2 Å². The Morgan fingerprint density at radius 1 is 1.10 bits per heavy atom. The largest absolute Gasteiger partial charge is 0.481 e. The molecule has 1 amide bonds. The number of ether oxygens (including phenoxy) is 2.